The summed E-state index contributed by atoms with van der Waals surface area (Å²) in [7, 11) is 6.91. The van der Waals surface area contributed by atoms with E-state index in [1.54, 1.807) is 45.1 Å². The van der Waals surface area contributed by atoms with Crippen LogP contribution in [0.15, 0.2) is 65.6 Å². The molecular formula is C28H23N3O3S. The van der Waals surface area contributed by atoms with E-state index in [-0.39, 0.29) is 0 Å². The van der Waals surface area contributed by atoms with Crippen LogP contribution in [0, 0.1) is 11.8 Å². The normalized spacial score (nSPS) is 10.6. The maximum absolute atomic E-state index is 5.54. The van der Waals surface area contributed by atoms with E-state index in [1.807, 2.05) is 35.0 Å². The Bertz CT molecular complexity index is 1540. The molecule has 0 unspecified atom stereocenters. The summed E-state index contributed by atoms with van der Waals surface area (Å²) < 4.78 is 18.3. The first-order valence-electron chi connectivity index (χ1n) is 10.9. The molecule has 0 saturated heterocycles. The van der Waals surface area contributed by atoms with E-state index in [2.05, 4.69) is 51.6 Å². The Morgan fingerprint density at radius 2 is 1.54 bits per heavy atom. The number of thiophene rings is 1. The van der Waals surface area contributed by atoms with Crippen molar-refractivity contribution in [3.63, 3.8) is 0 Å². The van der Waals surface area contributed by atoms with Crippen LogP contribution in [0.25, 0.3) is 33.3 Å². The highest BCUT2D eigenvalue weighted by Crippen LogP contribution is 2.38. The standard InChI is InChI=1S/C28H23N3O3S/c1-31-26-8-6-19(21-15-29-28(34-4)30-16-21)13-25(26)24(7-5-18-9-10-35-17-18)27(31)20-11-22(32-2)14-23(12-20)33-3/h6,8-17H,1-4H3. The zero-order chi connectivity index (χ0) is 24.4. The van der Waals surface area contributed by atoms with Gasteiger partial charge in [-0.05, 0) is 41.3 Å². The van der Waals surface area contributed by atoms with Crippen molar-refractivity contribution in [1.82, 2.24) is 14.5 Å². The molecular weight excluding hydrogens is 458 g/mol. The number of aromatic nitrogens is 3. The van der Waals surface area contributed by atoms with E-state index in [1.165, 1.54) is 0 Å². The predicted octanol–water partition coefficient (Wildman–Crippen LogP) is 5.79. The zero-order valence-electron chi connectivity index (χ0n) is 19.8. The largest absolute Gasteiger partial charge is 0.497 e. The second-order valence-corrected chi connectivity index (χ2v) is 8.62. The van der Waals surface area contributed by atoms with Crippen molar-refractivity contribution in [3.05, 3.63) is 76.7 Å². The molecule has 6 nitrogen and oxygen atoms in total. The Morgan fingerprint density at radius 3 is 2.17 bits per heavy atom. The molecule has 0 atom stereocenters. The van der Waals surface area contributed by atoms with Crippen molar-refractivity contribution in [3.8, 4) is 51.7 Å². The smallest absolute Gasteiger partial charge is 0.316 e. The number of aryl methyl sites for hydroxylation is 1. The number of ether oxygens (including phenoxy) is 3. The minimum atomic E-state index is 0.339. The van der Waals surface area contributed by atoms with Gasteiger partial charge in [-0.3, -0.25) is 0 Å². The van der Waals surface area contributed by atoms with Crippen molar-refractivity contribution in [2.24, 2.45) is 7.05 Å². The molecule has 35 heavy (non-hydrogen) atoms. The van der Waals surface area contributed by atoms with Crippen LogP contribution in [-0.4, -0.2) is 35.9 Å². The van der Waals surface area contributed by atoms with E-state index in [4.69, 9.17) is 14.2 Å². The fourth-order valence-electron chi connectivity index (χ4n) is 4.07. The summed E-state index contributed by atoms with van der Waals surface area (Å²) in [5.74, 6) is 8.22. The molecule has 0 radical (unpaired) electrons. The van der Waals surface area contributed by atoms with Crippen molar-refractivity contribution >= 4 is 22.2 Å². The number of hydrogen-bond acceptors (Lipinski definition) is 6. The SMILES string of the molecule is COc1cc(OC)cc(-c2c(C#Cc3ccsc3)c3cc(-c4cnc(OC)nc4)ccc3n2C)c1. The van der Waals surface area contributed by atoms with Gasteiger partial charge in [0.05, 0.1) is 32.6 Å². The third kappa shape index (κ3) is 4.32. The van der Waals surface area contributed by atoms with Crippen LogP contribution in [0.4, 0.5) is 0 Å². The summed E-state index contributed by atoms with van der Waals surface area (Å²) in [5.41, 5.74) is 6.83. The minimum Gasteiger partial charge on any atom is -0.497 e. The number of methoxy groups -OCH3 is 3. The van der Waals surface area contributed by atoms with Gasteiger partial charge in [0.25, 0.3) is 0 Å². The molecule has 0 aliphatic carbocycles. The van der Waals surface area contributed by atoms with Gasteiger partial charge in [-0.2, -0.15) is 11.3 Å². The van der Waals surface area contributed by atoms with Crippen LogP contribution >= 0.6 is 11.3 Å². The summed E-state index contributed by atoms with van der Waals surface area (Å²) in [4.78, 5) is 8.52. The van der Waals surface area contributed by atoms with E-state index in [0.29, 0.717) is 6.01 Å². The summed E-state index contributed by atoms with van der Waals surface area (Å²) in [5, 5.41) is 5.12. The summed E-state index contributed by atoms with van der Waals surface area (Å²) >= 11 is 1.63. The summed E-state index contributed by atoms with van der Waals surface area (Å²) in [6.45, 7) is 0. The number of hydrogen-bond donors (Lipinski definition) is 0. The second-order valence-electron chi connectivity index (χ2n) is 7.84. The minimum absolute atomic E-state index is 0.339. The zero-order valence-corrected chi connectivity index (χ0v) is 20.6. The lowest BCUT2D eigenvalue weighted by Crippen LogP contribution is -1.95. The van der Waals surface area contributed by atoms with Gasteiger partial charge < -0.3 is 18.8 Å². The second kappa shape index (κ2) is 9.53. The Kier molecular flexibility index (Phi) is 6.13. The van der Waals surface area contributed by atoms with Gasteiger partial charge >= 0.3 is 6.01 Å². The van der Waals surface area contributed by atoms with Crippen molar-refractivity contribution in [2.45, 2.75) is 0 Å². The molecule has 0 bridgehead atoms. The van der Waals surface area contributed by atoms with Gasteiger partial charge in [0.1, 0.15) is 11.5 Å². The quantitative estimate of drug-likeness (QED) is 0.298. The first-order chi connectivity index (χ1) is 17.1. The van der Waals surface area contributed by atoms with Gasteiger partial charge in [0.15, 0.2) is 0 Å². The predicted molar refractivity (Wildman–Crippen MR) is 139 cm³/mol. The number of rotatable bonds is 5. The van der Waals surface area contributed by atoms with Crippen LogP contribution in [0.5, 0.6) is 17.5 Å². The Morgan fingerprint density at radius 1 is 0.800 bits per heavy atom. The topological polar surface area (TPSA) is 58.4 Å². The van der Waals surface area contributed by atoms with Gasteiger partial charge in [-0.25, -0.2) is 9.97 Å². The third-order valence-electron chi connectivity index (χ3n) is 5.82. The molecule has 2 aromatic carbocycles. The fraction of sp³-hybridized carbons (Fsp3) is 0.143. The fourth-order valence-corrected chi connectivity index (χ4v) is 4.66. The first kappa shape index (κ1) is 22.5. The molecule has 5 aromatic rings. The summed E-state index contributed by atoms with van der Waals surface area (Å²) in [6.07, 6.45) is 3.53. The molecule has 5 rings (SSSR count). The molecule has 0 spiro atoms. The van der Waals surface area contributed by atoms with E-state index >= 15 is 0 Å². The maximum Gasteiger partial charge on any atom is 0.316 e. The van der Waals surface area contributed by atoms with Gasteiger partial charge in [-0.15, -0.1) is 0 Å². The van der Waals surface area contributed by atoms with Gasteiger partial charge in [-0.1, -0.05) is 17.9 Å². The van der Waals surface area contributed by atoms with Crippen LogP contribution < -0.4 is 14.2 Å². The molecule has 0 N–H and O–H groups in total. The molecule has 0 fully saturated rings. The highest BCUT2D eigenvalue weighted by molar-refractivity contribution is 7.08. The molecule has 3 aromatic heterocycles. The highest BCUT2D eigenvalue weighted by Gasteiger charge is 2.18. The number of fused-ring (bicyclic) bond motifs is 1. The summed E-state index contributed by atoms with van der Waals surface area (Å²) in [6, 6.07) is 14.5. The average Bonchev–Trinajstić information content (AvgIpc) is 3.52. The molecule has 0 saturated carbocycles. The lowest BCUT2D eigenvalue weighted by molar-refractivity contribution is 0.380. The lowest BCUT2D eigenvalue weighted by Gasteiger charge is -2.10. The number of benzene rings is 2. The van der Waals surface area contributed by atoms with Crippen LogP contribution in [0.2, 0.25) is 0 Å². The van der Waals surface area contributed by atoms with Crippen LogP contribution in [0.3, 0.4) is 0 Å². The third-order valence-corrected chi connectivity index (χ3v) is 6.50. The van der Waals surface area contributed by atoms with Gasteiger partial charge in [0, 0.05) is 58.5 Å². The van der Waals surface area contributed by atoms with Crippen LogP contribution in [0.1, 0.15) is 11.1 Å². The van der Waals surface area contributed by atoms with E-state index in [9.17, 15) is 0 Å². The van der Waals surface area contributed by atoms with Crippen molar-refractivity contribution < 1.29 is 14.2 Å². The molecule has 0 aliphatic rings. The number of nitrogens with zero attached hydrogens (tertiary/aromatic N) is 3. The van der Waals surface area contributed by atoms with Gasteiger partial charge in [0.2, 0.25) is 0 Å². The average molecular weight is 482 g/mol. The molecule has 0 aliphatic heterocycles. The molecule has 3 heterocycles. The maximum atomic E-state index is 5.54. The monoisotopic (exact) mass is 481 g/mol. The first-order valence-corrected chi connectivity index (χ1v) is 11.8. The Hall–Kier alpha value is -4.28. The van der Waals surface area contributed by atoms with Crippen LogP contribution in [-0.2, 0) is 7.05 Å². The molecule has 7 heteroatoms. The van der Waals surface area contributed by atoms with E-state index in [0.717, 1.165) is 55.9 Å². The highest BCUT2D eigenvalue weighted by atomic mass is 32.1. The Labute approximate surface area is 207 Å². The lowest BCUT2D eigenvalue weighted by atomic mass is 10.0. The van der Waals surface area contributed by atoms with Crippen molar-refractivity contribution in [1.29, 1.82) is 0 Å². The molecule has 174 valence electrons. The molecule has 0 amide bonds. The van der Waals surface area contributed by atoms with E-state index < -0.39 is 0 Å². The van der Waals surface area contributed by atoms with Crippen molar-refractivity contribution in [2.75, 3.05) is 21.3 Å². The Balaban J connectivity index is 1.76.